The smallest absolute Gasteiger partial charge is 0.00970 e. The van der Waals surface area contributed by atoms with Gasteiger partial charge < -0.3 is 5.73 Å². The van der Waals surface area contributed by atoms with E-state index in [0.29, 0.717) is 0 Å². The molecule has 13 heavy (non-hydrogen) atoms. The van der Waals surface area contributed by atoms with Crippen molar-refractivity contribution in [1.29, 1.82) is 0 Å². The van der Waals surface area contributed by atoms with E-state index < -0.39 is 0 Å². The molecule has 0 aromatic heterocycles. The van der Waals surface area contributed by atoms with Crippen LogP contribution in [0.15, 0.2) is 12.7 Å². The summed E-state index contributed by atoms with van der Waals surface area (Å²) in [5.74, 6) is 0. The molecule has 2 N–H and O–H groups in total. The van der Waals surface area contributed by atoms with E-state index in [-0.39, 0.29) is 5.54 Å². The van der Waals surface area contributed by atoms with Crippen LogP contribution in [-0.4, -0.2) is 5.54 Å². The molecule has 0 heterocycles. The third-order valence-electron chi connectivity index (χ3n) is 2.23. The molecule has 0 spiro atoms. The summed E-state index contributed by atoms with van der Waals surface area (Å²) in [4.78, 5) is 0. The van der Waals surface area contributed by atoms with Crippen molar-refractivity contribution in [3.63, 3.8) is 0 Å². The molecular formula is C12H25N. The Morgan fingerprint density at radius 3 is 2.15 bits per heavy atom. The second kappa shape index (κ2) is 7.14. The minimum Gasteiger partial charge on any atom is -0.326 e. The van der Waals surface area contributed by atoms with Gasteiger partial charge in [-0.3, -0.25) is 0 Å². The zero-order valence-corrected chi connectivity index (χ0v) is 9.31. The maximum Gasteiger partial charge on any atom is 0.00970 e. The Morgan fingerprint density at radius 2 is 1.62 bits per heavy atom. The molecule has 0 bridgehead atoms. The fraction of sp³-hybridized carbons (Fsp3) is 0.833. The van der Waals surface area contributed by atoms with Crippen molar-refractivity contribution < 1.29 is 0 Å². The molecule has 0 aliphatic carbocycles. The predicted octanol–water partition coefficient (Wildman–Crippen LogP) is 3.64. The molecule has 78 valence electrons. The van der Waals surface area contributed by atoms with Gasteiger partial charge in [0.2, 0.25) is 0 Å². The predicted molar refractivity (Wildman–Crippen MR) is 60.8 cm³/mol. The van der Waals surface area contributed by atoms with Gasteiger partial charge in [-0.25, -0.2) is 0 Å². The number of nitrogens with two attached hydrogens (primary N) is 1. The minimum absolute atomic E-state index is 0.0289. The average Bonchev–Trinajstić information content (AvgIpc) is 2.01. The zero-order valence-electron chi connectivity index (χ0n) is 9.31. The van der Waals surface area contributed by atoms with Crippen molar-refractivity contribution in [2.45, 2.75) is 64.3 Å². The van der Waals surface area contributed by atoms with Crippen LogP contribution in [0.2, 0.25) is 0 Å². The summed E-state index contributed by atoms with van der Waals surface area (Å²) < 4.78 is 0. The second-order valence-electron chi connectivity index (χ2n) is 4.58. The van der Waals surface area contributed by atoms with Crippen LogP contribution in [-0.2, 0) is 0 Å². The van der Waals surface area contributed by atoms with Gasteiger partial charge in [-0.1, -0.05) is 31.8 Å². The lowest BCUT2D eigenvalue weighted by molar-refractivity contribution is 0.442. The first-order valence-electron chi connectivity index (χ1n) is 5.46. The lowest BCUT2D eigenvalue weighted by Crippen LogP contribution is -2.31. The average molecular weight is 183 g/mol. The summed E-state index contributed by atoms with van der Waals surface area (Å²) in [6.07, 6.45) is 10.9. The van der Waals surface area contributed by atoms with Crippen LogP contribution in [0.1, 0.15) is 58.8 Å². The third kappa shape index (κ3) is 11.7. The van der Waals surface area contributed by atoms with Crippen LogP contribution in [0.3, 0.4) is 0 Å². The number of hydrogen-bond acceptors (Lipinski definition) is 1. The van der Waals surface area contributed by atoms with E-state index in [0.717, 1.165) is 6.42 Å². The van der Waals surface area contributed by atoms with Gasteiger partial charge in [-0.05, 0) is 33.1 Å². The number of hydrogen-bond donors (Lipinski definition) is 1. The maximum atomic E-state index is 5.88. The fourth-order valence-electron chi connectivity index (χ4n) is 1.40. The molecule has 0 rings (SSSR count). The number of allylic oxidation sites excluding steroid dienone is 1. The minimum atomic E-state index is 0.0289. The molecule has 0 saturated heterocycles. The first kappa shape index (κ1) is 12.7. The first-order valence-corrected chi connectivity index (χ1v) is 5.46. The fourth-order valence-corrected chi connectivity index (χ4v) is 1.40. The van der Waals surface area contributed by atoms with Gasteiger partial charge in [0.25, 0.3) is 0 Å². The van der Waals surface area contributed by atoms with Gasteiger partial charge >= 0.3 is 0 Å². The van der Waals surface area contributed by atoms with Crippen LogP contribution < -0.4 is 5.73 Å². The molecule has 0 radical (unpaired) electrons. The highest BCUT2D eigenvalue weighted by Gasteiger charge is 2.08. The van der Waals surface area contributed by atoms with Crippen LogP contribution in [0.5, 0.6) is 0 Å². The molecule has 0 unspecified atom stereocenters. The van der Waals surface area contributed by atoms with Crippen LogP contribution in [0.4, 0.5) is 0 Å². The Hall–Kier alpha value is -0.300. The summed E-state index contributed by atoms with van der Waals surface area (Å²) in [6, 6.07) is 0. The summed E-state index contributed by atoms with van der Waals surface area (Å²) in [6.45, 7) is 7.91. The van der Waals surface area contributed by atoms with E-state index in [1.165, 1.54) is 38.5 Å². The molecule has 0 aliphatic rings. The molecule has 1 heteroatoms. The molecule has 1 nitrogen and oxygen atoms in total. The van der Waals surface area contributed by atoms with Crippen LogP contribution in [0, 0.1) is 0 Å². The largest absolute Gasteiger partial charge is 0.326 e. The van der Waals surface area contributed by atoms with Crippen LogP contribution >= 0.6 is 0 Å². The van der Waals surface area contributed by atoms with Crippen molar-refractivity contribution in [1.82, 2.24) is 0 Å². The lowest BCUT2D eigenvalue weighted by atomic mass is 9.97. The van der Waals surface area contributed by atoms with E-state index in [1.807, 2.05) is 6.08 Å². The molecule has 0 aromatic rings. The number of unbranched alkanes of at least 4 members (excludes halogenated alkanes) is 5. The van der Waals surface area contributed by atoms with Crippen molar-refractivity contribution in [2.24, 2.45) is 5.73 Å². The molecule has 0 amide bonds. The van der Waals surface area contributed by atoms with E-state index in [2.05, 4.69) is 20.4 Å². The maximum absolute atomic E-state index is 5.88. The Balaban J connectivity index is 3.04. The Kier molecular flexibility index (Phi) is 6.97. The van der Waals surface area contributed by atoms with Gasteiger partial charge in [-0.15, -0.1) is 6.58 Å². The third-order valence-corrected chi connectivity index (χ3v) is 2.23. The quantitative estimate of drug-likeness (QED) is 0.451. The first-order chi connectivity index (χ1) is 6.06. The van der Waals surface area contributed by atoms with E-state index >= 15 is 0 Å². The summed E-state index contributed by atoms with van der Waals surface area (Å²) in [7, 11) is 0. The van der Waals surface area contributed by atoms with Crippen LogP contribution in [0.25, 0.3) is 0 Å². The topological polar surface area (TPSA) is 26.0 Å². The van der Waals surface area contributed by atoms with E-state index in [4.69, 9.17) is 5.73 Å². The molecule has 0 fully saturated rings. The molecular weight excluding hydrogens is 158 g/mol. The highest BCUT2D eigenvalue weighted by atomic mass is 14.7. The normalized spacial score (nSPS) is 11.6. The zero-order chi connectivity index (χ0) is 10.2. The standard InChI is InChI=1S/C12H25N/c1-4-5-6-7-8-9-10-11-12(2,3)13/h4H,1,5-11,13H2,2-3H3. The Labute approximate surface area is 83.4 Å². The second-order valence-corrected chi connectivity index (χ2v) is 4.58. The van der Waals surface area contributed by atoms with Gasteiger partial charge in [0.1, 0.15) is 0 Å². The molecule has 0 aromatic carbocycles. The van der Waals surface area contributed by atoms with Gasteiger partial charge in [0, 0.05) is 5.54 Å². The molecule has 0 saturated carbocycles. The lowest BCUT2D eigenvalue weighted by Gasteiger charge is -2.17. The van der Waals surface area contributed by atoms with Gasteiger partial charge in [0.15, 0.2) is 0 Å². The summed E-state index contributed by atoms with van der Waals surface area (Å²) in [5.41, 5.74) is 5.91. The molecule has 0 aliphatic heterocycles. The summed E-state index contributed by atoms with van der Waals surface area (Å²) in [5, 5.41) is 0. The van der Waals surface area contributed by atoms with E-state index in [9.17, 15) is 0 Å². The SMILES string of the molecule is C=CCCCCCCCC(C)(C)N. The highest BCUT2D eigenvalue weighted by Crippen LogP contribution is 2.12. The van der Waals surface area contributed by atoms with Crippen molar-refractivity contribution in [2.75, 3.05) is 0 Å². The molecule has 0 atom stereocenters. The number of rotatable bonds is 8. The van der Waals surface area contributed by atoms with Crippen molar-refractivity contribution in [3.05, 3.63) is 12.7 Å². The van der Waals surface area contributed by atoms with E-state index in [1.54, 1.807) is 0 Å². The summed E-state index contributed by atoms with van der Waals surface area (Å²) >= 11 is 0. The van der Waals surface area contributed by atoms with Crippen molar-refractivity contribution in [3.8, 4) is 0 Å². The highest BCUT2D eigenvalue weighted by molar-refractivity contribution is 4.71. The Bertz CT molecular complexity index is 122. The van der Waals surface area contributed by atoms with Gasteiger partial charge in [0.05, 0.1) is 0 Å². The van der Waals surface area contributed by atoms with Gasteiger partial charge in [-0.2, -0.15) is 0 Å². The Morgan fingerprint density at radius 1 is 1.08 bits per heavy atom. The van der Waals surface area contributed by atoms with Crippen molar-refractivity contribution >= 4 is 0 Å². The monoisotopic (exact) mass is 183 g/mol.